The summed E-state index contributed by atoms with van der Waals surface area (Å²) in [7, 11) is -3.62. The third kappa shape index (κ3) is 2.70. The maximum atomic E-state index is 11.9. The summed E-state index contributed by atoms with van der Waals surface area (Å²) in [4.78, 5) is 7.64. The van der Waals surface area contributed by atoms with E-state index in [0.29, 0.717) is 11.5 Å². The van der Waals surface area contributed by atoms with E-state index in [1.54, 1.807) is 6.07 Å². The molecule has 17 heavy (non-hydrogen) atoms. The number of hydrogen-bond donors (Lipinski definition) is 2. The highest BCUT2D eigenvalue weighted by atomic mass is 32.2. The van der Waals surface area contributed by atoms with E-state index in [9.17, 15) is 8.42 Å². The number of nitrogens with two attached hydrogens (primary N) is 1. The zero-order valence-corrected chi connectivity index (χ0v) is 9.55. The van der Waals surface area contributed by atoms with Crippen molar-refractivity contribution in [1.82, 2.24) is 9.97 Å². The van der Waals surface area contributed by atoms with Crippen LogP contribution >= 0.6 is 0 Å². The first kappa shape index (κ1) is 11.3. The second kappa shape index (κ2) is 4.38. The molecule has 0 radical (unpaired) electrons. The fourth-order valence-corrected chi connectivity index (χ4v) is 2.19. The number of pyridine rings is 2. The standard InChI is InChI=1S/C10H10N4O2S/c11-10-4-3-8(6-13-10)14-17(15,16)9-2-1-5-12-7-9/h1-7,14H,(H2,11,13). The first-order valence-corrected chi connectivity index (χ1v) is 6.20. The molecule has 88 valence electrons. The lowest BCUT2D eigenvalue weighted by Gasteiger charge is -2.06. The normalized spacial score (nSPS) is 11.1. The molecule has 0 saturated heterocycles. The predicted octanol–water partition coefficient (Wildman–Crippen LogP) is 0.860. The molecule has 0 aliphatic carbocycles. The van der Waals surface area contributed by atoms with Gasteiger partial charge >= 0.3 is 0 Å². The second-order valence-electron chi connectivity index (χ2n) is 3.27. The summed E-state index contributed by atoms with van der Waals surface area (Å²) in [5.74, 6) is 0.328. The maximum Gasteiger partial charge on any atom is 0.263 e. The minimum Gasteiger partial charge on any atom is -0.384 e. The van der Waals surface area contributed by atoms with Crippen LogP contribution in [-0.2, 0) is 10.0 Å². The number of nitrogens with zero attached hydrogens (tertiary/aromatic N) is 2. The molecule has 0 saturated carbocycles. The van der Waals surface area contributed by atoms with Gasteiger partial charge in [0.2, 0.25) is 0 Å². The van der Waals surface area contributed by atoms with Gasteiger partial charge in [-0.15, -0.1) is 0 Å². The Morgan fingerprint density at radius 2 is 2.00 bits per heavy atom. The van der Waals surface area contributed by atoms with Crippen molar-refractivity contribution in [2.75, 3.05) is 10.5 Å². The smallest absolute Gasteiger partial charge is 0.263 e. The summed E-state index contributed by atoms with van der Waals surface area (Å²) in [5, 5.41) is 0. The molecular weight excluding hydrogens is 240 g/mol. The van der Waals surface area contributed by atoms with E-state index in [0.717, 1.165) is 0 Å². The van der Waals surface area contributed by atoms with Crippen molar-refractivity contribution in [3.8, 4) is 0 Å². The Labute approximate surface area is 98.6 Å². The lowest BCUT2D eigenvalue weighted by Crippen LogP contribution is -2.13. The molecule has 2 rings (SSSR count). The van der Waals surface area contributed by atoms with Gasteiger partial charge in [-0.05, 0) is 24.3 Å². The number of rotatable bonds is 3. The Balaban J connectivity index is 2.27. The Kier molecular flexibility index (Phi) is 2.92. The molecule has 0 atom stereocenters. The molecule has 0 unspecified atom stereocenters. The van der Waals surface area contributed by atoms with Crippen LogP contribution in [0.1, 0.15) is 0 Å². The monoisotopic (exact) mass is 250 g/mol. The zero-order chi connectivity index (χ0) is 12.3. The molecular formula is C10H10N4O2S. The van der Waals surface area contributed by atoms with Crippen molar-refractivity contribution in [1.29, 1.82) is 0 Å². The van der Waals surface area contributed by atoms with E-state index in [4.69, 9.17) is 5.73 Å². The van der Waals surface area contributed by atoms with Gasteiger partial charge in [-0.25, -0.2) is 13.4 Å². The van der Waals surface area contributed by atoms with Gasteiger partial charge in [0, 0.05) is 12.4 Å². The van der Waals surface area contributed by atoms with Gasteiger partial charge in [0.15, 0.2) is 0 Å². The Morgan fingerprint density at radius 1 is 1.18 bits per heavy atom. The summed E-state index contributed by atoms with van der Waals surface area (Å²) in [6.45, 7) is 0. The molecule has 2 aromatic heterocycles. The van der Waals surface area contributed by atoms with Crippen molar-refractivity contribution in [3.63, 3.8) is 0 Å². The summed E-state index contributed by atoms with van der Waals surface area (Å²) >= 11 is 0. The van der Waals surface area contributed by atoms with Gasteiger partial charge in [-0.3, -0.25) is 9.71 Å². The van der Waals surface area contributed by atoms with Crippen molar-refractivity contribution >= 4 is 21.5 Å². The summed E-state index contributed by atoms with van der Waals surface area (Å²) in [5.41, 5.74) is 5.75. The molecule has 3 N–H and O–H groups in total. The third-order valence-corrected chi connectivity index (χ3v) is 3.35. The first-order chi connectivity index (χ1) is 8.08. The molecule has 0 aliphatic heterocycles. The quantitative estimate of drug-likeness (QED) is 0.841. The largest absolute Gasteiger partial charge is 0.384 e. The number of aromatic nitrogens is 2. The van der Waals surface area contributed by atoms with Crippen LogP contribution in [0.15, 0.2) is 47.8 Å². The average Bonchev–Trinajstić information content (AvgIpc) is 2.33. The van der Waals surface area contributed by atoms with Gasteiger partial charge in [-0.1, -0.05) is 0 Å². The minimum atomic E-state index is -3.62. The highest BCUT2D eigenvalue weighted by Crippen LogP contribution is 2.14. The van der Waals surface area contributed by atoms with Crippen LogP contribution in [0.2, 0.25) is 0 Å². The second-order valence-corrected chi connectivity index (χ2v) is 4.95. The van der Waals surface area contributed by atoms with E-state index < -0.39 is 10.0 Å². The van der Waals surface area contributed by atoms with E-state index >= 15 is 0 Å². The van der Waals surface area contributed by atoms with E-state index in [1.807, 2.05) is 0 Å². The molecule has 0 aliphatic rings. The Bertz CT molecular complexity index is 596. The number of anilines is 2. The maximum absolute atomic E-state index is 11.9. The number of nitrogen functional groups attached to an aromatic ring is 1. The van der Waals surface area contributed by atoms with Gasteiger partial charge in [0.1, 0.15) is 10.7 Å². The van der Waals surface area contributed by atoms with Crippen LogP contribution in [0.4, 0.5) is 11.5 Å². The fourth-order valence-electron chi connectivity index (χ4n) is 1.19. The lowest BCUT2D eigenvalue weighted by molar-refractivity contribution is 0.601. The van der Waals surface area contributed by atoms with Crippen LogP contribution in [-0.4, -0.2) is 18.4 Å². The van der Waals surface area contributed by atoms with E-state index in [1.165, 1.54) is 36.8 Å². The molecule has 0 bridgehead atoms. The van der Waals surface area contributed by atoms with Crippen molar-refractivity contribution in [2.24, 2.45) is 0 Å². The molecule has 6 nitrogen and oxygen atoms in total. The van der Waals surface area contributed by atoms with Crippen molar-refractivity contribution < 1.29 is 8.42 Å². The molecule has 0 amide bonds. The SMILES string of the molecule is Nc1ccc(NS(=O)(=O)c2cccnc2)cn1. The number of hydrogen-bond acceptors (Lipinski definition) is 5. The summed E-state index contributed by atoms with van der Waals surface area (Å²) in [6, 6.07) is 6.06. The summed E-state index contributed by atoms with van der Waals surface area (Å²) in [6.07, 6.45) is 4.13. The van der Waals surface area contributed by atoms with Crippen LogP contribution in [0.3, 0.4) is 0 Å². The van der Waals surface area contributed by atoms with Gasteiger partial charge < -0.3 is 5.73 Å². The number of nitrogens with one attached hydrogen (secondary N) is 1. The molecule has 0 spiro atoms. The predicted molar refractivity (Wildman–Crippen MR) is 63.7 cm³/mol. The molecule has 7 heteroatoms. The highest BCUT2D eigenvalue weighted by Gasteiger charge is 2.13. The third-order valence-electron chi connectivity index (χ3n) is 1.98. The lowest BCUT2D eigenvalue weighted by atomic mass is 10.4. The summed E-state index contributed by atoms with van der Waals surface area (Å²) < 4.78 is 26.1. The Hall–Kier alpha value is -2.15. The highest BCUT2D eigenvalue weighted by molar-refractivity contribution is 7.92. The molecule has 0 fully saturated rings. The topological polar surface area (TPSA) is 98.0 Å². The minimum absolute atomic E-state index is 0.0943. The van der Waals surface area contributed by atoms with Crippen LogP contribution in [0.25, 0.3) is 0 Å². The van der Waals surface area contributed by atoms with Crippen LogP contribution in [0.5, 0.6) is 0 Å². The van der Waals surface area contributed by atoms with Gasteiger partial charge in [-0.2, -0.15) is 0 Å². The van der Waals surface area contributed by atoms with Gasteiger partial charge in [0.25, 0.3) is 10.0 Å². The molecule has 2 heterocycles. The van der Waals surface area contributed by atoms with Crippen molar-refractivity contribution in [3.05, 3.63) is 42.9 Å². The van der Waals surface area contributed by atoms with E-state index in [2.05, 4.69) is 14.7 Å². The zero-order valence-electron chi connectivity index (χ0n) is 8.74. The average molecular weight is 250 g/mol. The van der Waals surface area contributed by atoms with Gasteiger partial charge in [0.05, 0.1) is 11.9 Å². The fraction of sp³-hybridized carbons (Fsp3) is 0. The number of sulfonamides is 1. The molecule has 2 aromatic rings. The van der Waals surface area contributed by atoms with Crippen LogP contribution in [0, 0.1) is 0 Å². The first-order valence-electron chi connectivity index (χ1n) is 4.72. The van der Waals surface area contributed by atoms with Crippen LogP contribution < -0.4 is 10.5 Å². The van der Waals surface area contributed by atoms with E-state index in [-0.39, 0.29) is 4.90 Å². The molecule has 0 aromatic carbocycles. The van der Waals surface area contributed by atoms with Crippen molar-refractivity contribution in [2.45, 2.75) is 4.90 Å². The Morgan fingerprint density at radius 3 is 2.59 bits per heavy atom.